The fourth-order valence-electron chi connectivity index (χ4n) is 1.46. The molecule has 0 aliphatic rings. The van der Waals surface area contributed by atoms with Crippen LogP contribution in [0.15, 0.2) is 24.3 Å². The van der Waals surface area contributed by atoms with Gasteiger partial charge in [-0.2, -0.15) is 0 Å². The van der Waals surface area contributed by atoms with Crippen LogP contribution in [0.5, 0.6) is 11.5 Å². The molecule has 0 aliphatic heterocycles. The van der Waals surface area contributed by atoms with Gasteiger partial charge in [-0.3, -0.25) is 9.69 Å². The van der Waals surface area contributed by atoms with Crippen LogP contribution < -0.4 is 9.47 Å². The monoisotopic (exact) mass is 281 g/mol. The maximum atomic E-state index is 11.8. The number of hydrogen-bond donors (Lipinski definition) is 1. The number of carbonyl (C=O) groups excluding carboxylic acids is 1. The van der Waals surface area contributed by atoms with E-state index in [4.69, 9.17) is 9.47 Å². The van der Waals surface area contributed by atoms with Crippen molar-refractivity contribution in [3.05, 3.63) is 24.3 Å². The molecule has 5 heteroatoms. The predicted molar refractivity (Wildman–Crippen MR) is 77.0 cm³/mol. The van der Waals surface area contributed by atoms with Crippen molar-refractivity contribution in [2.24, 2.45) is 0 Å². The molecule has 0 saturated carbocycles. The van der Waals surface area contributed by atoms with Crippen LogP contribution >= 0.6 is 0 Å². The molecule has 1 rings (SSSR count). The molecule has 0 unspecified atom stereocenters. The van der Waals surface area contributed by atoms with Gasteiger partial charge >= 0.3 is 5.97 Å². The Morgan fingerprint density at radius 2 is 1.80 bits per heavy atom. The molecule has 1 aromatic rings. The molecule has 0 heterocycles. The van der Waals surface area contributed by atoms with E-state index in [1.54, 1.807) is 36.2 Å². The van der Waals surface area contributed by atoms with Crippen molar-refractivity contribution in [2.75, 3.05) is 26.8 Å². The second kappa shape index (κ2) is 7.26. The molecule has 5 nitrogen and oxygen atoms in total. The van der Waals surface area contributed by atoms with E-state index < -0.39 is 5.54 Å². The van der Waals surface area contributed by atoms with Crippen molar-refractivity contribution in [3.63, 3.8) is 0 Å². The lowest BCUT2D eigenvalue weighted by atomic mass is 10.1. The maximum Gasteiger partial charge on any atom is 0.325 e. The lowest BCUT2D eigenvalue weighted by Gasteiger charge is -2.32. The third-order valence-corrected chi connectivity index (χ3v) is 3.15. The van der Waals surface area contributed by atoms with E-state index in [1.807, 2.05) is 20.8 Å². The Labute approximate surface area is 120 Å². The van der Waals surface area contributed by atoms with Gasteiger partial charge in [0.25, 0.3) is 0 Å². The Hall–Kier alpha value is -1.59. The molecular weight excluding hydrogens is 258 g/mol. The van der Waals surface area contributed by atoms with E-state index in [1.165, 1.54) is 0 Å². The van der Waals surface area contributed by atoms with Gasteiger partial charge in [-0.05, 0) is 52.1 Å². The summed E-state index contributed by atoms with van der Waals surface area (Å²) in [6.07, 6.45) is 0. The largest absolute Gasteiger partial charge is 0.494 e. The van der Waals surface area contributed by atoms with Gasteiger partial charge in [0, 0.05) is 5.54 Å². The number of nitrogens with zero attached hydrogens (tertiary/aromatic N) is 1. The average molecular weight is 281 g/mol. The highest BCUT2D eigenvalue weighted by Crippen LogP contribution is 2.18. The number of hydrogen-bond acceptors (Lipinski definition) is 5. The van der Waals surface area contributed by atoms with Crippen molar-refractivity contribution >= 4 is 5.97 Å². The third kappa shape index (κ3) is 4.83. The minimum atomic E-state index is -0.460. The SMILES string of the molecule is CCOc1ccc(OC(=O)CN(C)C(C)(C)CO)cc1. The summed E-state index contributed by atoms with van der Waals surface area (Å²) >= 11 is 0. The van der Waals surface area contributed by atoms with Gasteiger partial charge < -0.3 is 14.6 Å². The second-order valence-electron chi connectivity index (χ2n) is 5.21. The van der Waals surface area contributed by atoms with E-state index in [2.05, 4.69) is 0 Å². The number of benzene rings is 1. The number of likely N-dealkylation sites (N-methyl/N-ethyl adjacent to an activating group) is 1. The van der Waals surface area contributed by atoms with Crippen molar-refractivity contribution in [1.29, 1.82) is 0 Å². The molecule has 0 aromatic heterocycles. The van der Waals surface area contributed by atoms with Crippen LogP contribution in [0.3, 0.4) is 0 Å². The Morgan fingerprint density at radius 1 is 1.25 bits per heavy atom. The number of aliphatic hydroxyl groups excluding tert-OH is 1. The van der Waals surface area contributed by atoms with Crippen LogP contribution in [0, 0.1) is 0 Å². The molecule has 0 amide bonds. The topological polar surface area (TPSA) is 59.0 Å². The Kier molecular flexibility index (Phi) is 5.98. The number of carbonyl (C=O) groups is 1. The van der Waals surface area contributed by atoms with E-state index in [-0.39, 0.29) is 19.1 Å². The first-order chi connectivity index (χ1) is 9.39. The van der Waals surface area contributed by atoms with E-state index in [9.17, 15) is 9.90 Å². The molecule has 20 heavy (non-hydrogen) atoms. The van der Waals surface area contributed by atoms with Crippen molar-refractivity contribution < 1.29 is 19.4 Å². The molecular formula is C15H23NO4. The zero-order valence-corrected chi connectivity index (χ0v) is 12.5. The fraction of sp³-hybridized carbons (Fsp3) is 0.533. The first kappa shape index (κ1) is 16.5. The summed E-state index contributed by atoms with van der Waals surface area (Å²) in [7, 11) is 1.77. The number of ether oxygens (including phenoxy) is 2. The molecule has 0 fully saturated rings. The zero-order valence-electron chi connectivity index (χ0n) is 12.5. The second-order valence-corrected chi connectivity index (χ2v) is 5.21. The summed E-state index contributed by atoms with van der Waals surface area (Å²) in [5.41, 5.74) is -0.460. The normalized spacial score (nSPS) is 11.5. The van der Waals surface area contributed by atoms with Gasteiger partial charge in [-0.1, -0.05) is 0 Å². The first-order valence-electron chi connectivity index (χ1n) is 6.64. The molecule has 0 radical (unpaired) electrons. The first-order valence-corrected chi connectivity index (χ1v) is 6.64. The summed E-state index contributed by atoms with van der Waals surface area (Å²) < 4.78 is 10.6. The number of esters is 1. The van der Waals surface area contributed by atoms with Crippen LogP contribution in [0.25, 0.3) is 0 Å². The van der Waals surface area contributed by atoms with Crippen molar-refractivity contribution in [3.8, 4) is 11.5 Å². The van der Waals surface area contributed by atoms with Crippen LogP contribution in [0.1, 0.15) is 20.8 Å². The smallest absolute Gasteiger partial charge is 0.325 e. The maximum absolute atomic E-state index is 11.8. The summed E-state index contributed by atoms with van der Waals surface area (Å²) in [5, 5.41) is 9.24. The van der Waals surface area contributed by atoms with Crippen LogP contribution in [0.4, 0.5) is 0 Å². The standard InChI is InChI=1S/C15H23NO4/c1-5-19-12-6-8-13(9-7-12)20-14(18)10-16(4)15(2,3)11-17/h6-9,17H,5,10-11H2,1-4H3. The molecule has 0 aliphatic carbocycles. The van der Waals surface area contributed by atoms with Crippen LogP contribution in [0.2, 0.25) is 0 Å². The van der Waals surface area contributed by atoms with Gasteiger partial charge in [-0.25, -0.2) is 0 Å². The highest BCUT2D eigenvalue weighted by atomic mass is 16.5. The van der Waals surface area contributed by atoms with Gasteiger partial charge in [0.2, 0.25) is 0 Å². The van der Waals surface area contributed by atoms with Crippen LogP contribution in [-0.2, 0) is 4.79 Å². The quantitative estimate of drug-likeness (QED) is 0.609. The molecule has 1 aromatic carbocycles. The Morgan fingerprint density at radius 3 is 2.30 bits per heavy atom. The number of rotatable bonds is 7. The van der Waals surface area contributed by atoms with E-state index >= 15 is 0 Å². The molecule has 112 valence electrons. The van der Waals surface area contributed by atoms with E-state index in [0.29, 0.717) is 12.4 Å². The zero-order chi connectivity index (χ0) is 15.2. The summed E-state index contributed by atoms with van der Waals surface area (Å²) in [6.45, 7) is 6.31. The lowest BCUT2D eigenvalue weighted by molar-refractivity contribution is -0.137. The third-order valence-electron chi connectivity index (χ3n) is 3.15. The Bertz CT molecular complexity index is 428. The van der Waals surface area contributed by atoms with Crippen molar-refractivity contribution in [1.82, 2.24) is 4.90 Å². The van der Waals surface area contributed by atoms with Gasteiger partial charge in [-0.15, -0.1) is 0 Å². The van der Waals surface area contributed by atoms with Gasteiger partial charge in [0.05, 0.1) is 19.8 Å². The highest BCUT2D eigenvalue weighted by molar-refractivity contribution is 5.74. The van der Waals surface area contributed by atoms with E-state index in [0.717, 1.165) is 5.75 Å². The van der Waals surface area contributed by atoms with Crippen molar-refractivity contribution in [2.45, 2.75) is 26.3 Å². The molecule has 0 spiro atoms. The minimum Gasteiger partial charge on any atom is -0.494 e. The summed E-state index contributed by atoms with van der Waals surface area (Å²) in [6, 6.07) is 6.90. The predicted octanol–water partition coefficient (Wildman–Crippen LogP) is 1.69. The fourth-order valence-corrected chi connectivity index (χ4v) is 1.46. The molecule has 0 bridgehead atoms. The highest BCUT2D eigenvalue weighted by Gasteiger charge is 2.24. The molecule has 0 atom stereocenters. The minimum absolute atomic E-state index is 0.0279. The number of aliphatic hydroxyl groups is 1. The lowest BCUT2D eigenvalue weighted by Crippen LogP contribution is -2.47. The molecule has 1 N–H and O–H groups in total. The Balaban J connectivity index is 2.54. The molecule has 0 saturated heterocycles. The summed E-state index contributed by atoms with van der Waals surface area (Å²) in [4.78, 5) is 13.6. The average Bonchev–Trinajstić information content (AvgIpc) is 2.41. The van der Waals surface area contributed by atoms with Crippen LogP contribution in [-0.4, -0.2) is 48.3 Å². The van der Waals surface area contributed by atoms with Gasteiger partial charge in [0.15, 0.2) is 0 Å². The van der Waals surface area contributed by atoms with Gasteiger partial charge in [0.1, 0.15) is 11.5 Å². The summed E-state index contributed by atoms with van der Waals surface area (Å²) in [5.74, 6) is 0.859.